The number of hydrogen-bond donors (Lipinski definition) is 2. The summed E-state index contributed by atoms with van der Waals surface area (Å²) in [5.74, 6) is -3.23. The normalized spacial score (nSPS) is 13.2. The molecule has 0 saturated heterocycles. The number of amides is 1. The second-order valence-corrected chi connectivity index (χ2v) is 7.48. The van der Waals surface area contributed by atoms with Crippen molar-refractivity contribution in [3.8, 4) is 11.1 Å². The van der Waals surface area contributed by atoms with E-state index in [1.54, 1.807) is 0 Å². The minimum absolute atomic E-state index is 0.0276. The van der Waals surface area contributed by atoms with Crippen molar-refractivity contribution in [3.05, 3.63) is 89.2 Å². The summed E-state index contributed by atoms with van der Waals surface area (Å²) in [6, 6.07) is 14.3. The summed E-state index contributed by atoms with van der Waals surface area (Å²) in [6.07, 6.45) is 0.369. The van der Waals surface area contributed by atoms with Gasteiger partial charge in [-0.25, -0.2) is 18.4 Å². The first-order valence-corrected chi connectivity index (χ1v) is 10.1. The molecule has 2 N–H and O–H groups in total. The van der Waals surface area contributed by atoms with Gasteiger partial charge in [0.15, 0.2) is 0 Å². The van der Waals surface area contributed by atoms with Crippen LogP contribution in [0.1, 0.15) is 29.0 Å². The highest BCUT2D eigenvalue weighted by atomic mass is 19.1. The molecule has 6 nitrogen and oxygen atoms in total. The number of nitrogens with zero attached hydrogens (tertiary/aromatic N) is 1. The first kappa shape index (κ1) is 21.4. The first-order chi connectivity index (χ1) is 15.5. The molecule has 32 heavy (non-hydrogen) atoms. The van der Waals surface area contributed by atoms with E-state index in [1.165, 1.54) is 0 Å². The summed E-state index contributed by atoms with van der Waals surface area (Å²) in [6.45, 7) is 0.0276. The van der Waals surface area contributed by atoms with E-state index in [1.807, 2.05) is 48.5 Å². The van der Waals surface area contributed by atoms with Crippen molar-refractivity contribution in [2.45, 2.75) is 24.8 Å². The van der Waals surface area contributed by atoms with Crippen molar-refractivity contribution in [1.29, 1.82) is 0 Å². The smallest absolute Gasteiger partial charge is 0.407 e. The van der Waals surface area contributed by atoms with E-state index in [0.717, 1.165) is 34.6 Å². The molecular weight excluding hydrogens is 418 g/mol. The lowest BCUT2D eigenvalue weighted by atomic mass is 9.98. The van der Waals surface area contributed by atoms with E-state index in [0.29, 0.717) is 0 Å². The standard InChI is InChI=1S/C24H20F2N2O4/c25-20-11-27-12-21(26)18(20)9-10-22(23(29)30)28-24(31)32-13-19-16-7-3-1-5-14(16)15-6-2-4-8-17(15)19/h1-8,11-12,19,22H,9-10,13H2,(H,28,31)(H,29,30)/t22-/m0/s1. The molecule has 1 atom stereocenters. The molecule has 8 heteroatoms. The number of alkyl carbamates (subject to hydrolysis) is 1. The molecule has 4 rings (SSSR count). The van der Waals surface area contributed by atoms with E-state index in [4.69, 9.17) is 4.74 Å². The average Bonchev–Trinajstić information content (AvgIpc) is 3.10. The SMILES string of the molecule is O=C(N[C@@H](CCc1c(F)cncc1F)C(=O)O)OCC1c2ccccc2-c2ccccc21. The molecule has 0 spiro atoms. The zero-order chi connectivity index (χ0) is 22.7. The summed E-state index contributed by atoms with van der Waals surface area (Å²) in [5, 5.41) is 11.7. The largest absolute Gasteiger partial charge is 0.480 e. The number of carboxylic acids is 1. The van der Waals surface area contributed by atoms with Gasteiger partial charge in [0.25, 0.3) is 0 Å². The molecular formula is C24H20F2N2O4. The lowest BCUT2D eigenvalue weighted by Gasteiger charge is -2.17. The Bertz CT molecular complexity index is 1100. The fourth-order valence-corrected chi connectivity index (χ4v) is 4.01. The van der Waals surface area contributed by atoms with E-state index >= 15 is 0 Å². The summed E-state index contributed by atoms with van der Waals surface area (Å²) in [4.78, 5) is 27.3. The molecule has 3 aromatic rings. The van der Waals surface area contributed by atoms with Crippen molar-refractivity contribution in [2.24, 2.45) is 0 Å². The quantitative estimate of drug-likeness (QED) is 0.575. The monoisotopic (exact) mass is 438 g/mol. The van der Waals surface area contributed by atoms with E-state index in [9.17, 15) is 23.5 Å². The maximum atomic E-state index is 13.7. The van der Waals surface area contributed by atoms with Gasteiger partial charge in [-0.1, -0.05) is 48.5 Å². The Labute approximate surface area is 182 Å². The van der Waals surface area contributed by atoms with Gasteiger partial charge in [-0.2, -0.15) is 0 Å². The molecule has 1 amide bonds. The van der Waals surface area contributed by atoms with Gasteiger partial charge in [-0.15, -0.1) is 0 Å². The Morgan fingerprint density at radius 1 is 1.00 bits per heavy atom. The highest BCUT2D eigenvalue weighted by Gasteiger charge is 2.29. The van der Waals surface area contributed by atoms with Gasteiger partial charge in [0.05, 0.1) is 12.4 Å². The van der Waals surface area contributed by atoms with Crippen LogP contribution in [0, 0.1) is 11.6 Å². The zero-order valence-corrected chi connectivity index (χ0v) is 16.9. The molecule has 0 bridgehead atoms. The third-order valence-electron chi connectivity index (χ3n) is 5.57. The maximum Gasteiger partial charge on any atom is 0.407 e. The predicted molar refractivity (Wildman–Crippen MR) is 112 cm³/mol. The van der Waals surface area contributed by atoms with Crippen molar-refractivity contribution < 1.29 is 28.2 Å². The zero-order valence-electron chi connectivity index (χ0n) is 16.9. The minimum Gasteiger partial charge on any atom is -0.480 e. The van der Waals surface area contributed by atoms with Crippen LogP contribution < -0.4 is 5.32 Å². The van der Waals surface area contributed by atoms with E-state index in [2.05, 4.69) is 10.3 Å². The number of benzene rings is 2. The summed E-state index contributed by atoms with van der Waals surface area (Å²) in [7, 11) is 0. The Kier molecular flexibility index (Phi) is 6.11. The third kappa shape index (κ3) is 4.30. The van der Waals surface area contributed by atoms with Gasteiger partial charge in [-0.05, 0) is 35.1 Å². The van der Waals surface area contributed by atoms with E-state index in [-0.39, 0.29) is 30.9 Å². The van der Waals surface area contributed by atoms with Gasteiger partial charge in [0, 0.05) is 11.5 Å². The number of carboxylic acid groups (broad SMARTS) is 1. The molecule has 2 aromatic carbocycles. The molecule has 0 radical (unpaired) electrons. The number of nitrogens with one attached hydrogen (secondary N) is 1. The van der Waals surface area contributed by atoms with Crippen LogP contribution in [0.4, 0.5) is 13.6 Å². The second-order valence-electron chi connectivity index (χ2n) is 7.48. The minimum atomic E-state index is -1.36. The lowest BCUT2D eigenvalue weighted by Crippen LogP contribution is -2.41. The molecule has 1 heterocycles. The maximum absolute atomic E-state index is 13.7. The fraction of sp³-hybridized carbons (Fsp3) is 0.208. The molecule has 1 aliphatic rings. The first-order valence-electron chi connectivity index (χ1n) is 10.1. The number of halogens is 2. The molecule has 1 aromatic heterocycles. The van der Waals surface area contributed by atoms with Crippen LogP contribution in [0.3, 0.4) is 0 Å². The Balaban J connectivity index is 1.40. The third-order valence-corrected chi connectivity index (χ3v) is 5.57. The molecule has 0 fully saturated rings. The predicted octanol–water partition coefficient (Wildman–Crippen LogP) is 4.28. The highest BCUT2D eigenvalue weighted by Crippen LogP contribution is 2.44. The number of carbonyl (C=O) groups is 2. The molecule has 164 valence electrons. The van der Waals surface area contributed by atoms with Crippen LogP contribution >= 0.6 is 0 Å². The number of rotatable bonds is 7. The van der Waals surface area contributed by atoms with Crippen molar-refractivity contribution >= 4 is 12.1 Å². The van der Waals surface area contributed by atoms with Crippen molar-refractivity contribution in [1.82, 2.24) is 10.3 Å². The van der Waals surface area contributed by atoms with Crippen LogP contribution in [-0.2, 0) is 16.0 Å². The van der Waals surface area contributed by atoms with Crippen molar-refractivity contribution in [2.75, 3.05) is 6.61 Å². The van der Waals surface area contributed by atoms with Gasteiger partial charge < -0.3 is 15.2 Å². The number of aromatic nitrogens is 1. The van der Waals surface area contributed by atoms with Crippen LogP contribution in [0.5, 0.6) is 0 Å². The number of aliphatic carboxylic acids is 1. The number of hydrogen-bond acceptors (Lipinski definition) is 4. The summed E-state index contributed by atoms with van der Waals surface area (Å²) >= 11 is 0. The fourth-order valence-electron chi connectivity index (χ4n) is 4.01. The van der Waals surface area contributed by atoms with Gasteiger partial charge in [0.1, 0.15) is 24.3 Å². The van der Waals surface area contributed by atoms with Crippen LogP contribution in [-0.4, -0.2) is 34.8 Å². The number of ether oxygens (including phenoxy) is 1. The van der Waals surface area contributed by atoms with Crippen LogP contribution in [0.2, 0.25) is 0 Å². The summed E-state index contributed by atoms with van der Waals surface area (Å²) < 4.78 is 32.8. The van der Waals surface area contributed by atoms with E-state index < -0.39 is 29.7 Å². The average molecular weight is 438 g/mol. The molecule has 0 aliphatic heterocycles. The number of pyridine rings is 1. The highest BCUT2D eigenvalue weighted by molar-refractivity contribution is 5.81. The Hall–Kier alpha value is -3.81. The molecule has 0 unspecified atom stereocenters. The molecule has 0 saturated carbocycles. The van der Waals surface area contributed by atoms with Crippen molar-refractivity contribution in [3.63, 3.8) is 0 Å². The lowest BCUT2D eigenvalue weighted by molar-refractivity contribution is -0.139. The molecule has 1 aliphatic carbocycles. The van der Waals surface area contributed by atoms with Gasteiger partial charge in [0.2, 0.25) is 0 Å². The topological polar surface area (TPSA) is 88.5 Å². The Morgan fingerprint density at radius 3 is 2.12 bits per heavy atom. The Morgan fingerprint density at radius 2 is 1.56 bits per heavy atom. The summed E-state index contributed by atoms with van der Waals surface area (Å²) in [5.41, 5.74) is 3.92. The van der Waals surface area contributed by atoms with Crippen LogP contribution in [0.15, 0.2) is 60.9 Å². The number of fused-ring (bicyclic) bond motifs is 3. The van der Waals surface area contributed by atoms with Crippen LogP contribution in [0.25, 0.3) is 11.1 Å². The second kappa shape index (κ2) is 9.13. The number of carbonyl (C=O) groups excluding carboxylic acids is 1. The van der Waals surface area contributed by atoms with Gasteiger partial charge in [-0.3, -0.25) is 4.98 Å². The van der Waals surface area contributed by atoms with Gasteiger partial charge >= 0.3 is 12.1 Å².